The molecule has 0 atom stereocenters. The van der Waals surface area contributed by atoms with Crippen molar-refractivity contribution in [3.63, 3.8) is 0 Å². The molecule has 1 nitrogen and oxygen atoms in total. The largest absolute Gasteiger partial charge is 0.324 e. The number of para-hydroxylation sites is 1. The maximum absolute atomic E-state index is 2.19. The summed E-state index contributed by atoms with van der Waals surface area (Å²) >= 11 is 0. The van der Waals surface area contributed by atoms with Gasteiger partial charge in [0.2, 0.25) is 0 Å². The van der Waals surface area contributed by atoms with Gasteiger partial charge in [-0.25, -0.2) is 0 Å². The summed E-state index contributed by atoms with van der Waals surface area (Å²) in [4.78, 5) is 0. The highest BCUT2D eigenvalue weighted by Crippen LogP contribution is 2.08. The average molecular weight is 215 g/mol. The molecular formula is C15H21N. The van der Waals surface area contributed by atoms with E-state index in [0.29, 0.717) is 5.41 Å². The van der Waals surface area contributed by atoms with E-state index in [9.17, 15) is 0 Å². The Morgan fingerprint density at radius 1 is 0.750 bits per heavy atom. The summed E-state index contributed by atoms with van der Waals surface area (Å²) < 4.78 is 2.08. The van der Waals surface area contributed by atoms with Crippen LogP contribution < -0.4 is 0 Å². The summed E-state index contributed by atoms with van der Waals surface area (Å²) in [5, 5.41) is 0. The Bertz CT molecular complexity index is 373. The molecule has 86 valence electrons. The highest BCUT2D eigenvalue weighted by atomic mass is 14.9. The van der Waals surface area contributed by atoms with Gasteiger partial charge in [0.1, 0.15) is 0 Å². The standard InChI is InChI=1S/C10H9N.C5H12/c1-2-6-10(7-3-1)11-8-4-5-9-11;1-5(2,3)4/h1-9H;1-4H3. The molecule has 0 radical (unpaired) electrons. The minimum atomic E-state index is 0.500. The average Bonchev–Trinajstić information content (AvgIpc) is 2.69. The molecule has 0 aliphatic rings. The summed E-state index contributed by atoms with van der Waals surface area (Å²) in [6.45, 7) is 8.75. The zero-order valence-corrected chi connectivity index (χ0v) is 10.6. The number of hydrogen-bond donors (Lipinski definition) is 0. The summed E-state index contributed by atoms with van der Waals surface area (Å²) in [5.41, 5.74) is 1.71. The molecule has 2 rings (SSSR count). The van der Waals surface area contributed by atoms with Crippen LogP contribution >= 0.6 is 0 Å². The van der Waals surface area contributed by atoms with Gasteiger partial charge in [0.15, 0.2) is 0 Å². The number of aromatic nitrogens is 1. The first-order valence-electron chi connectivity index (χ1n) is 5.65. The molecule has 0 aliphatic heterocycles. The number of nitrogens with zero attached hydrogens (tertiary/aromatic N) is 1. The molecule has 0 amide bonds. The van der Waals surface area contributed by atoms with Gasteiger partial charge in [0, 0.05) is 18.1 Å². The van der Waals surface area contributed by atoms with Gasteiger partial charge in [-0.05, 0) is 29.7 Å². The van der Waals surface area contributed by atoms with Crippen LogP contribution in [0.3, 0.4) is 0 Å². The van der Waals surface area contributed by atoms with Crippen molar-refractivity contribution in [2.24, 2.45) is 5.41 Å². The second-order valence-corrected chi connectivity index (χ2v) is 5.43. The smallest absolute Gasteiger partial charge is 0.0449 e. The molecule has 0 fully saturated rings. The SMILES string of the molecule is CC(C)(C)C.c1ccc(-n2cccc2)cc1. The van der Waals surface area contributed by atoms with Crippen LogP contribution in [0.4, 0.5) is 0 Å². The number of benzene rings is 1. The molecule has 2 aromatic rings. The minimum absolute atomic E-state index is 0.500. The third-order valence-corrected chi connectivity index (χ3v) is 1.66. The van der Waals surface area contributed by atoms with Crippen LogP contribution in [0.15, 0.2) is 54.9 Å². The molecule has 0 aliphatic carbocycles. The van der Waals surface area contributed by atoms with E-state index in [1.807, 2.05) is 42.7 Å². The lowest BCUT2D eigenvalue weighted by Crippen LogP contribution is -1.93. The van der Waals surface area contributed by atoms with Crippen LogP contribution in [0, 0.1) is 5.41 Å². The quantitative estimate of drug-likeness (QED) is 0.658. The van der Waals surface area contributed by atoms with Crippen molar-refractivity contribution in [3.05, 3.63) is 54.9 Å². The lowest BCUT2D eigenvalue weighted by molar-refractivity contribution is 0.469. The molecule has 0 saturated carbocycles. The zero-order valence-electron chi connectivity index (χ0n) is 10.6. The summed E-state index contributed by atoms with van der Waals surface area (Å²) in [6.07, 6.45) is 4.07. The fraction of sp³-hybridized carbons (Fsp3) is 0.333. The van der Waals surface area contributed by atoms with Crippen LogP contribution in [0.5, 0.6) is 0 Å². The van der Waals surface area contributed by atoms with E-state index in [1.165, 1.54) is 5.69 Å². The Labute approximate surface area is 98.7 Å². The molecular weight excluding hydrogens is 194 g/mol. The molecule has 0 N–H and O–H groups in total. The van der Waals surface area contributed by atoms with Crippen LogP contribution in [0.2, 0.25) is 0 Å². The van der Waals surface area contributed by atoms with E-state index in [4.69, 9.17) is 0 Å². The van der Waals surface area contributed by atoms with E-state index in [1.54, 1.807) is 0 Å². The summed E-state index contributed by atoms with van der Waals surface area (Å²) in [7, 11) is 0. The highest BCUT2D eigenvalue weighted by molar-refractivity contribution is 5.31. The molecule has 16 heavy (non-hydrogen) atoms. The van der Waals surface area contributed by atoms with Gasteiger partial charge in [-0.15, -0.1) is 0 Å². The van der Waals surface area contributed by atoms with E-state index >= 15 is 0 Å². The maximum atomic E-state index is 2.19. The van der Waals surface area contributed by atoms with Gasteiger partial charge in [-0.1, -0.05) is 45.9 Å². The molecule has 1 aromatic heterocycles. The molecule has 0 bridgehead atoms. The zero-order chi connectivity index (χ0) is 12.0. The van der Waals surface area contributed by atoms with Gasteiger partial charge >= 0.3 is 0 Å². The third-order valence-electron chi connectivity index (χ3n) is 1.66. The summed E-state index contributed by atoms with van der Waals surface area (Å²) in [5.74, 6) is 0. The van der Waals surface area contributed by atoms with Gasteiger partial charge in [-0.3, -0.25) is 0 Å². The van der Waals surface area contributed by atoms with Crippen LogP contribution in [0.1, 0.15) is 27.7 Å². The number of hydrogen-bond acceptors (Lipinski definition) is 0. The van der Waals surface area contributed by atoms with Crippen molar-refractivity contribution >= 4 is 0 Å². The predicted octanol–water partition coefficient (Wildman–Crippen LogP) is 4.53. The first kappa shape index (κ1) is 12.6. The third kappa shape index (κ3) is 5.40. The van der Waals surface area contributed by atoms with E-state index in [0.717, 1.165) is 0 Å². The fourth-order valence-corrected chi connectivity index (χ4v) is 1.11. The van der Waals surface area contributed by atoms with Crippen molar-refractivity contribution in [2.45, 2.75) is 27.7 Å². The molecule has 1 heterocycles. The minimum Gasteiger partial charge on any atom is -0.324 e. The van der Waals surface area contributed by atoms with Crippen molar-refractivity contribution in [1.82, 2.24) is 4.57 Å². The van der Waals surface area contributed by atoms with E-state index in [-0.39, 0.29) is 0 Å². The lowest BCUT2D eigenvalue weighted by Gasteiger charge is -2.05. The molecule has 1 heteroatoms. The lowest BCUT2D eigenvalue weighted by atomic mass is 10.0. The Kier molecular flexibility index (Phi) is 4.36. The first-order valence-corrected chi connectivity index (χ1v) is 5.65. The molecule has 0 saturated heterocycles. The molecule has 0 unspecified atom stereocenters. The molecule has 0 spiro atoms. The van der Waals surface area contributed by atoms with Crippen molar-refractivity contribution in [3.8, 4) is 5.69 Å². The van der Waals surface area contributed by atoms with Gasteiger partial charge in [-0.2, -0.15) is 0 Å². The van der Waals surface area contributed by atoms with Crippen molar-refractivity contribution in [1.29, 1.82) is 0 Å². The van der Waals surface area contributed by atoms with Crippen molar-refractivity contribution in [2.75, 3.05) is 0 Å². The van der Waals surface area contributed by atoms with Crippen molar-refractivity contribution < 1.29 is 0 Å². The predicted molar refractivity (Wildman–Crippen MR) is 70.9 cm³/mol. The maximum Gasteiger partial charge on any atom is 0.0449 e. The summed E-state index contributed by atoms with van der Waals surface area (Å²) in [6, 6.07) is 14.3. The van der Waals surface area contributed by atoms with Crippen LogP contribution in [-0.4, -0.2) is 4.57 Å². The van der Waals surface area contributed by atoms with Gasteiger partial charge < -0.3 is 4.57 Å². The Balaban J connectivity index is 0.000000221. The fourth-order valence-electron chi connectivity index (χ4n) is 1.11. The highest BCUT2D eigenvalue weighted by Gasteiger charge is 1.95. The van der Waals surface area contributed by atoms with Gasteiger partial charge in [0.25, 0.3) is 0 Å². The normalized spacial score (nSPS) is 10.5. The second-order valence-electron chi connectivity index (χ2n) is 5.43. The first-order chi connectivity index (χ1) is 7.47. The second kappa shape index (κ2) is 5.55. The van der Waals surface area contributed by atoms with E-state index in [2.05, 4.69) is 44.4 Å². The van der Waals surface area contributed by atoms with E-state index < -0.39 is 0 Å². The monoisotopic (exact) mass is 215 g/mol. The van der Waals surface area contributed by atoms with Crippen LogP contribution in [-0.2, 0) is 0 Å². The Hall–Kier alpha value is -1.50. The Morgan fingerprint density at radius 3 is 1.62 bits per heavy atom. The molecule has 1 aromatic carbocycles. The van der Waals surface area contributed by atoms with Crippen LogP contribution in [0.25, 0.3) is 5.69 Å². The van der Waals surface area contributed by atoms with Gasteiger partial charge in [0.05, 0.1) is 0 Å². The Morgan fingerprint density at radius 2 is 1.19 bits per heavy atom. The number of rotatable bonds is 1. The topological polar surface area (TPSA) is 4.93 Å².